The molecule has 1 fully saturated rings. The van der Waals surface area contributed by atoms with E-state index in [1.165, 1.54) is 0 Å². The topological polar surface area (TPSA) is 93.9 Å². The lowest BCUT2D eigenvalue weighted by molar-refractivity contribution is -0.129. The molecule has 3 N–H and O–H groups in total. The molecule has 30 heavy (non-hydrogen) atoms. The minimum absolute atomic E-state index is 0. The van der Waals surface area contributed by atoms with Gasteiger partial charge in [-0.15, -0.1) is 12.4 Å². The molecular formula is C22H28ClN3O4. The van der Waals surface area contributed by atoms with Gasteiger partial charge in [0.25, 0.3) is 0 Å². The molecule has 0 radical (unpaired) electrons. The zero-order valence-corrected chi connectivity index (χ0v) is 18.0. The molecule has 3 rings (SSSR count). The summed E-state index contributed by atoms with van der Waals surface area (Å²) in [4.78, 5) is 27.6. The van der Waals surface area contributed by atoms with Gasteiger partial charge in [-0.3, -0.25) is 9.59 Å². The molecule has 1 heterocycles. The first-order chi connectivity index (χ1) is 14.1. The van der Waals surface area contributed by atoms with Gasteiger partial charge in [0.05, 0.1) is 26.2 Å². The molecule has 2 aromatic rings. The van der Waals surface area contributed by atoms with Crippen molar-refractivity contribution in [3.63, 3.8) is 0 Å². The maximum Gasteiger partial charge on any atom is 0.227 e. The van der Waals surface area contributed by atoms with Crippen molar-refractivity contribution in [2.24, 2.45) is 11.7 Å². The normalized spacial score (nSPS) is 18.4. The molecule has 2 atom stereocenters. The van der Waals surface area contributed by atoms with E-state index in [0.29, 0.717) is 31.7 Å². The molecule has 0 spiro atoms. The molecular weight excluding hydrogens is 406 g/mol. The van der Waals surface area contributed by atoms with E-state index < -0.39 is 6.04 Å². The fourth-order valence-electron chi connectivity index (χ4n) is 3.72. The minimum Gasteiger partial charge on any atom is -0.497 e. The predicted octanol–water partition coefficient (Wildman–Crippen LogP) is 2.68. The van der Waals surface area contributed by atoms with Crippen LogP contribution < -0.4 is 25.4 Å². The van der Waals surface area contributed by atoms with Crippen LogP contribution in [0, 0.1) is 5.92 Å². The molecule has 2 aromatic carbocycles. The van der Waals surface area contributed by atoms with Crippen LogP contribution in [-0.4, -0.2) is 39.1 Å². The van der Waals surface area contributed by atoms with Crippen LogP contribution in [0.5, 0.6) is 11.5 Å². The fraction of sp³-hybridized carbons (Fsp3) is 0.364. The third-order valence-electron chi connectivity index (χ3n) is 5.19. The first-order valence-corrected chi connectivity index (χ1v) is 9.67. The van der Waals surface area contributed by atoms with Gasteiger partial charge in [-0.1, -0.05) is 12.1 Å². The number of piperidine rings is 1. The summed E-state index contributed by atoms with van der Waals surface area (Å²) < 4.78 is 10.5. The molecule has 0 aromatic heterocycles. The summed E-state index contributed by atoms with van der Waals surface area (Å²) >= 11 is 0. The van der Waals surface area contributed by atoms with Gasteiger partial charge in [-0.25, -0.2) is 0 Å². The van der Waals surface area contributed by atoms with Crippen molar-refractivity contribution in [2.45, 2.75) is 18.9 Å². The second kappa shape index (κ2) is 10.8. The Morgan fingerprint density at radius 3 is 2.17 bits per heavy atom. The van der Waals surface area contributed by atoms with Crippen molar-refractivity contribution in [1.29, 1.82) is 0 Å². The number of halogens is 1. The summed E-state index contributed by atoms with van der Waals surface area (Å²) in [6.45, 7) is 0.772. The number of nitrogens with two attached hydrogens (primary N) is 1. The Morgan fingerprint density at radius 2 is 1.63 bits per heavy atom. The molecule has 0 bridgehead atoms. The largest absolute Gasteiger partial charge is 0.497 e. The van der Waals surface area contributed by atoms with Crippen LogP contribution in [0.2, 0.25) is 0 Å². The Kier molecular flexibility index (Phi) is 8.50. The van der Waals surface area contributed by atoms with Crippen molar-refractivity contribution < 1.29 is 19.1 Å². The van der Waals surface area contributed by atoms with Crippen LogP contribution in [0.1, 0.15) is 24.4 Å². The molecule has 0 aliphatic carbocycles. The van der Waals surface area contributed by atoms with Crippen LogP contribution in [0.25, 0.3) is 0 Å². The van der Waals surface area contributed by atoms with Crippen molar-refractivity contribution >= 4 is 29.9 Å². The molecule has 1 aliphatic rings. The van der Waals surface area contributed by atoms with Crippen molar-refractivity contribution in [3.05, 3.63) is 54.1 Å². The maximum absolute atomic E-state index is 13.0. The molecule has 2 amide bonds. The summed E-state index contributed by atoms with van der Waals surface area (Å²) in [5.41, 5.74) is 7.15. The van der Waals surface area contributed by atoms with Gasteiger partial charge < -0.3 is 25.4 Å². The number of carbonyl (C=O) groups excluding carboxylic acids is 2. The number of anilines is 1. The van der Waals surface area contributed by atoms with Crippen LogP contribution in [0.4, 0.5) is 5.69 Å². The Morgan fingerprint density at radius 1 is 1.07 bits per heavy atom. The zero-order chi connectivity index (χ0) is 20.8. The lowest BCUT2D eigenvalue weighted by Gasteiger charge is -2.41. The van der Waals surface area contributed by atoms with Crippen LogP contribution in [0.15, 0.2) is 48.5 Å². The van der Waals surface area contributed by atoms with Crippen molar-refractivity contribution in [1.82, 2.24) is 5.32 Å². The predicted molar refractivity (Wildman–Crippen MR) is 118 cm³/mol. The average molecular weight is 434 g/mol. The lowest BCUT2D eigenvalue weighted by Crippen LogP contribution is -2.48. The maximum atomic E-state index is 13.0. The first kappa shape index (κ1) is 23.5. The number of amides is 2. The Hall–Kier alpha value is -2.77. The second-order valence-electron chi connectivity index (χ2n) is 6.90. The number of nitrogens with zero attached hydrogens (tertiary/aromatic N) is 1. The van der Waals surface area contributed by atoms with Crippen LogP contribution in [-0.2, 0) is 9.59 Å². The van der Waals surface area contributed by atoms with E-state index in [0.717, 1.165) is 17.0 Å². The molecule has 0 saturated carbocycles. The van der Waals surface area contributed by atoms with E-state index in [1.54, 1.807) is 19.1 Å². The zero-order valence-electron chi connectivity index (χ0n) is 17.2. The monoisotopic (exact) mass is 433 g/mol. The van der Waals surface area contributed by atoms with Gasteiger partial charge in [0, 0.05) is 25.2 Å². The highest BCUT2D eigenvalue weighted by atomic mass is 35.5. The summed E-state index contributed by atoms with van der Waals surface area (Å²) in [5, 5.41) is 2.88. The van der Waals surface area contributed by atoms with E-state index in [2.05, 4.69) is 5.32 Å². The summed E-state index contributed by atoms with van der Waals surface area (Å²) in [6, 6.07) is 14.4. The van der Waals surface area contributed by atoms with Crippen LogP contribution in [0.3, 0.4) is 0 Å². The lowest BCUT2D eigenvalue weighted by atomic mass is 9.83. The van der Waals surface area contributed by atoms with E-state index in [-0.39, 0.29) is 30.1 Å². The third-order valence-corrected chi connectivity index (χ3v) is 5.19. The quantitative estimate of drug-likeness (QED) is 0.700. The molecule has 162 valence electrons. The number of benzene rings is 2. The molecule has 1 aliphatic heterocycles. The van der Waals surface area contributed by atoms with Gasteiger partial charge >= 0.3 is 0 Å². The van der Waals surface area contributed by atoms with Gasteiger partial charge in [0.2, 0.25) is 11.8 Å². The second-order valence-corrected chi connectivity index (χ2v) is 6.90. The van der Waals surface area contributed by atoms with Gasteiger partial charge in [-0.2, -0.15) is 0 Å². The van der Waals surface area contributed by atoms with Gasteiger partial charge in [0.1, 0.15) is 11.5 Å². The highest BCUT2D eigenvalue weighted by Crippen LogP contribution is 2.40. The fourth-order valence-corrected chi connectivity index (χ4v) is 3.72. The standard InChI is InChI=1S/C22H27N3O4.ClH/c1-28-17-7-3-15(4-8-17)21-19(22(27)24-14-13-23)11-12-20(26)25(21)16-5-9-18(29-2)10-6-16;/h3-10,19,21H,11-14,23H2,1-2H3,(H,24,27);1H. The molecule has 1 saturated heterocycles. The number of rotatable bonds is 7. The van der Waals surface area contributed by atoms with Crippen molar-refractivity contribution in [3.8, 4) is 11.5 Å². The SMILES string of the molecule is COc1ccc(C2C(C(=O)NCCN)CCC(=O)N2c2ccc(OC)cc2)cc1.Cl. The number of ether oxygens (including phenoxy) is 2. The number of carbonyl (C=O) groups is 2. The van der Waals surface area contributed by atoms with Crippen LogP contribution >= 0.6 is 12.4 Å². The van der Waals surface area contributed by atoms with Crippen molar-refractivity contribution in [2.75, 3.05) is 32.2 Å². The van der Waals surface area contributed by atoms with E-state index in [9.17, 15) is 9.59 Å². The smallest absolute Gasteiger partial charge is 0.227 e. The molecule has 7 nitrogen and oxygen atoms in total. The number of methoxy groups -OCH3 is 2. The number of nitrogens with one attached hydrogen (secondary N) is 1. The first-order valence-electron chi connectivity index (χ1n) is 9.67. The van der Waals surface area contributed by atoms with E-state index >= 15 is 0 Å². The average Bonchev–Trinajstić information content (AvgIpc) is 2.77. The molecule has 8 heteroatoms. The van der Waals surface area contributed by atoms with Gasteiger partial charge in [-0.05, 0) is 48.4 Å². The highest BCUT2D eigenvalue weighted by molar-refractivity contribution is 5.97. The van der Waals surface area contributed by atoms with E-state index in [1.807, 2.05) is 48.5 Å². The minimum atomic E-state index is -0.423. The van der Waals surface area contributed by atoms with E-state index in [4.69, 9.17) is 15.2 Å². The Balaban J connectivity index is 0.00000320. The number of hydrogen-bond acceptors (Lipinski definition) is 5. The Labute approximate surface area is 182 Å². The molecule has 2 unspecified atom stereocenters. The third kappa shape index (κ3) is 5.04. The number of hydrogen-bond donors (Lipinski definition) is 2. The summed E-state index contributed by atoms with van der Waals surface area (Å²) in [5.74, 6) is 0.934. The highest BCUT2D eigenvalue weighted by Gasteiger charge is 2.41. The van der Waals surface area contributed by atoms with Gasteiger partial charge in [0.15, 0.2) is 0 Å². The summed E-state index contributed by atoms with van der Waals surface area (Å²) in [7, 11) is 3.20. The summed E-state index contributed by atoms with van der Waals surface area (Å²) in [6.07, 6.45) is 0.790. The Bertz CT molecular complexity index is 842.